The Hall–Kier alpha value is -3.09. The molecular weight excluding hydrogens is 344 g/mol. The minimum atomic E-state index is -0.563. The van der Waals surface area contributed by atoms with Crippen molar-refractivity contribution >= 4 is 16.9 Å². The average molecular weight is 366 g/mol. The number of H-pyrrole nitrogens is 2. The Bertz CT molecular complexity index is 1070. The highest BCUT2D eigenvalue weighted by Crippen LogP contribution is 2.24. The van der Waals surface area contributed by atoms with Crippen LogP contribution in [0.2, 0.25) is 0 Å². The molecule has 1 saturated heterocycles. The molecule has 1 amide bonds. The number of nitrogens with zero attached hydrogens (tertiary/aromatic N) is 2. The lowest BCUT2D eigenvalue weighted by Crippen LogP contribution is -2.42. The number of aromatic nitrogens is 3. The second-order valence-electron chi connectivity index (χ2n) is 6.93. The minimum absolute atomic E-state index is 0.182. The topological polar surface area (TPSA) is 91.0 Å². The number of carbonyl (C=O) groups excluding carboxylic acids is 1. The Labute approximate surface area is 155 Å². The Morgan fingerprint density at radius 2 is 1.67 bits per heavy atom. The van der Waals surface area contributed by atoms with Crippen LogP contribution in [-0.2, 0) is 11.3 Å². The van der Waals surface area contributed by atoms with Crippen LogP contribution in [0, 0.1) is 0 Å². The maximum Gasteiger partial charge on any atom is 0.329 e. The van der Waals surface area contributed by atoms with Gasteiger partial charge in [-0.2, -0.15) is 0 Å². The Balaban J connectivity index is 1.70. The molecule has 2 N–H and O–H groups in total. The monoisotopic (exact) mass is 366 g/mol. The number of nitrogens with one attached hydrogen (secondary N) is 2. The number of amides is 1. The second-order valence-corrected chi connectivity index (χ2v) is 6.93. The van der Waals surface area contributed by atoms with Gasteiger partial charge in [-0.1, -0.05) is 43.2 Å². The van der Waals surface area contributed by atoms with E-state index in [9.17, 15) is 14.4 Å². The van der Waals surface area contributed by atoms with E-state index in [1.165, 1.54) is 0 Å². The SMILES string of the molecule is O=C(Cn1c(=O)[nH]c2c(-c3ccccc3)c[nH]c2c1=O)N1CCCCCC1. The summed E-state index contributed by atoms with van der Waals surface area (Å²) in [5, 5.41) is 0. The molecule has 3 heterocycles. The third kappa shape index (κ3) is 3.32. The van der Waals surface area contributed by atoms with Crippen molar-refractivity contribution in [3.63, 3.8) is 0 Å². The molecule has 0 aliphatic carbocycles. The van der Waals surface area contributed by atoms with Gasteiger partial charge in [-0.15, -0.1) is 0 Å². The molecule has 7 nitrogen and oxygen atoms in total. The zero-order chi connectivity index (χ0) is 18.8. The maximum atomic E-state index is 12.8. The van der Waals surface area contributed by atoms with Gasteiger partial charge in [0.1, 0.15) is 12.1 Å². The van der Waals surface area contributed by atoms with Gasteiger partial charge in [0.2, 0.25) is 5.91 Å². The smallest absolute Gasteiger partial charge is 0.329 e. The highest BCUT2D eigenvalue weighted by Gasteiger charge is 2.19. The van der Waals surface area contributed by atoms with E-state index in [2.05, 4.69) is 9.97 Å². The molecule has 0 unspecified atom stereocenters. The van der Waals surface area contributed by atoms with Crippen LogP contribution in [0.1, 0.15) is 25.7 Å². The predicted molar refractivity (Wildman–Crippen MR) is 104 cm³/mol. The minimum Gasteiger partial charge on any atom is -0.355 e. The standard InChI is InChI=1S/C20H22N4O3/c25-16(23-10-6-1-2-7-11-23)13-24-19(26)18-17(22-20(24)27)15(12-21-18)14-8-4-3-5-9-14/h3-5,8-9,12,21H,1-2,6-7,10-11,13H2,(H,22,27). The maximum absolute atomic E-state index is 12.8. The van der Waals surface area contributed by atoms with Gasteiger partial charge in [-0.05, 0) is 18.4 Å². The van der Waals surface area contributed by atoms with Crippen molar-refractivity contribution in [2.24, 2.45) is 0 Å². The summed E-state index contributed by atoms with van der Waals surface area (Å²) >= 11 is 0. The molecule has 1 aliphatic heterocycles. The number of carbonyl (C=O) groups is 1. The highest BCUT2D eigenvalue weighted by molar-refractivity contribution is 5.91. The van der Waals surface area contributed by atoms with Crippen LogP contribution in [0.3, 0.4) is 0 Å². The molecule has 0 spiro atoms. The van der Waals surface area contributed by atoms with Crippen LogP contribution in [0.5, 0.6) is 0 Å². The van der Waals surface area contributed by atoms with E-state index in [0.717, 1.165) is 41.4 Å². The Morgan fingerprint density at radius 1 is 0.963 bits per heavy atom. The second kappa shape index (κ2) is 7.26. The van der Waals surface area contributed by atoms with Gasteiger partial charge in [-0.3, -0.25) is 9.59 Å². The first-order chi connectivity index (χ1) is 13.1. The zero-order valence-electron chi connectivity index (χ0n) is 15.0. The lowest BCUT2D eigenvalue weighted by molar-refractivity contribution is -0.131. The van der Waals surface area contributed by atoms with Crippen molar-refractivity contribution < 1.29 is 4.79 Å². The van der Waals surface area contributed by atoms with Crippen molar-refractivity contribution in [3.8, 4) is 11.1 Å². The average Bonchev–Trinajstić information content (AvgIpc) is 2.91. The molecule has 3 aromatic rings. The third-order valence-electron chi connectivity index (χ3n) is 5.15. The predicted octanol–water partition coefficient (Wildman–Crippen LogP) is 2.09. The fraction of sp³-hybridized carbons (Fsp3) is 0.350. The highest BCUT2D eigenvalue weighted by atomic mass is 16.2. The molecule has 0 saturated carbocycles. The van der Waals surface area contributed by atoms with Gasteiger partial charge in [0.15, 0.2) is 0 Å². The number of fused-ring (bicyclic) bond motifs is 1. The first-order valence-corrected chi connectivity index (χ1v) is 9.32. The van der Waals surface area contributed by atoms with E-state index in [0.29, 0.717) is 24.1 Å². The van der Waals surface area contributed by atoms with Crippen molar-refractivity contribution in [1.82, 2.24) is 19.4 Å². The van der Waals surface area contributed by atoms with Crippen LogP contribution in [0.4, 0.5) is 0 Å². The van der Waals surface area contributed by atoms with Gasteiger partial charge in [-0.25, -0.2) is 9.36 Å². The quantitative estimate of drug-likeness (QED) is 0.744. The van der Waals surface area contributed by atoms with Gasteiger partial charge < -0.3 is 14.9 Å². The molecule has 1 fully saturated rings. The van der Waals surface area contributed by atoms with Gasteiger partial charge in [0.25, 0.3) is 5.56 Å². The number of aromatic amines is 2. The van der Waals surface area contributed by atoms with Gasteiger partial charge >= 0.3 is 5.69 Å². The van der Waals surface area contributed by atoms with E-state index in [1.807, 2.05) is 30.3 Å². The molecule has 27 heavy (non-hydrogen) atoms. The van der Waals surface area contributed by atoms with Gasteiger partial charge in [0, 0.05) is 24.8 Å². The molecule has 2 aromatic heterocycles. The molecule has 7 heteroatoms. The van der Waals surface area contributed by atoms with E-state index in [1.54, 1.807) is 11.1 Å². The van der Waals surface area contributed by atoms with Crippen LogP contribution >= 0.6 is 0 Å². The Kier molecular flexibility index (Phi) is 4.66. The fourth-order valence-corrected chi connectivity index (χ4v) is 3.67. The summed E-state index contributed by atoms with van der Waals surface area (Å²) in [5.41, 5.74) is 1.39. The number of hydrogen-bond acceptors (Lipinski definition) is 3. The number of benzene rings is 1. The van der Waals surface area contributed by atoms with Gasteiger partial charge in [0.05, 0.1) is 5.52 Å². The number of rotatable bonds is 3. The molecular formula is C20H22N4O3. The first-order valence-electron chi connectivity index (χ1n) is 9.32. The molecule has 0 radical (unpaired) electrons. The van der Waals surface area contributed by atoms with E-state index >= 15 is 0 Å². The van der Waals surface area contributed by atoms with Crippen LogP contribution < -0.4 is 11.2 Å². The molecule has 4 rings (SSSR count). The third-order valence-corrected chi connectivity index (χ3v) is 5.15. The number of likely N-dealkylation sites (tertiary alicyclic amines) is 1. The van der Waals surface area contributed by atoms with Crippen molar-refractivity contribution in [3.05, 3.63) is 57.4 Å². The zero-order valence-corrected chi connectivity index (χ0v) is 15.0. The van der Waals surface area contributed by atoms with Crippen molar-refractivity contribution in [2.75, 3.05) is 13.1 Å². The van der Waals surface area contributed by atoms with E-state index in [-0.39, 0.29) is 12.5 Å². The molecule has 0 atom stereocenters. The summed E-state index contributed by atoms with van der Waals surface area (Å²) in [4.78, 5) is 45.4. The molecule has 140 valence electrons. The largest absolute Gasteiger partial charge is 0.355 e. The van der Waals surface area contributed by atoms with Crippen molar-refractivity contribution in [1.29, 1.82) is 0 Å². The summed E-state index contributed by atoms with van der Waals surface area (Å²) in [5.74, 6) is -0.182. The molecule has 0 bridgehead atoms. The van der Waals surface area contributed by atoms with E-state index < -0.39 is 11.2 Å². The lowest BCUT2D eigenvalue weighted by Gasteiger charge is -2.20. The summed E-state index contributed by atoms with van der Waals surface area (Å²) in [6.45, 7) is 1.15. The van der Waals surface area contributed by atoms with Crippen molar-refractivity contribution in [2.45, 2.75) is 32.2 Å². The Morgan fingerprint density at radius 3 is 2.37 bits per heavy atom. The summed E-state index contributed by atoms with van der Waals surface area (Å²) in [6, 6.07) is 9.52. The fourth-order valence-electron chi connectivity index (χ4n) is 3.67. The first kappa shape index (κ1) is 17.3. The van der Waals surface area contributed by atoms with Crippen LogP contribution in [0.25, 0.3) is 22.2 Å². The van der Waals surface area contributed by atoms with Crippen LogP contribution in [-0.4, -0.2) is 38.4 Å². The normalized spacial score (nSPS) is 15.0. The molecule has 1 aliphatic rings. The molecule has 1 aromatic carbocycles. The summed E-state index contributed by atoms with van der Waals surface area (Å²) in [6.07, 6.45) is 5.86. The van der Waals surface area contributed by atoms with Crippen LogP contribution in [0.15, 0.2) is 46.1 Å². The summed E-state index contributed by atoms with van der Waals surface area (Å²) in [7, 11) is 0. The lowest BCUT2D eigenvalue weighted by atomic mass is 10.1. The van der Waals surface area contributed by atoms with E-state index in [4.69, 9.17) is 0 Å². The number of hydrogen-bond donors (Lipinski definition) is 2. The summed E-state index contributed by atoms with van der Waals surface area (Å²) < 4.78 is 0.987.